The Kier molecular flexibility index (Phi) is 2.97. The molecule has 0 aliphatic rings. The first-order valence-corrected chi connectivity index (χ1v) is 3.85. The lowest BCUT2D eigenvalue weighted by Gasteiger charge is -2.05. The van der Waals surface area contributed by atoms with Gasteiger partial charge < -0.3 is 4.79 Å². The molecule has 0 amide bonds. The Balaban J connectivity index is 2.93. The van der Waals surface area contributed by atoms with Crippen LogP contribution in [0.5, 0.6) is 0 Å². The number of benzene rings is 1. The van der Waals surface area contributed by atoms with Crippen molar-refractivity contribution >= 4 is 6.29 Å². The summed E-state index contributed by atoms with van der Waals surface area (Å²) in [6.07, 6.45) is 0.648. The van der Waals surface area contributed by atoms with Gasteiger partial charge in [0.25, 0.3) is 0 Å². The molecule has 0 bridgehead atoms. The zero-order valence-corrected chi connectivity index (χ0v) is 6.96. The van der Waals surface area contributed by atoms with Gasteiger partial charge in [0.15, 0.2) is 0 Å². The van der Waals surface area contributed by atoms with Crippen molar-refractivity contribution in [2.45, 2.75) is 12.8 Å². The van der Waals surface area contributed by atoms with E-state index in [-0.39, 0.29) is 0 Å². The fourth-order valence-corrected chi connectivity index (χ4v) is 1.10. The van der Waals surface area contributed by atoms with Crippen molar-refractivity contribution in [2.24, 2.45) is 0 Å². The van der Waals surface area contributed by atoms with Gasteiger partial charge in [-0.15, -0.1) is 0 Å². The molecule has 0 N–H and O–H groups in total. The molecule has 1 nitrogen and oxygen atoms in total. The summed E-state index contributed by atoms with van der Waals surface area (Å²) in [5.74, 6) is -0.593. The summed E-state index contributed by atoms with van der Waals surface area (Å²) in [5, 5.41) is 0. The van der Waals surface area contributed by atoms with Gasteiger partial charge >= 0.3 is 0 Å². The van der Waals surface area contributed by atoms with Gasteiger partial charge in [0.1, 0.15) is 13.0 Å². The van der Waals surface area contributed by atoms with Crippen LogP contribution in [0.25, 0.3) is 0 Å². The Labute approximate surface area is 71.2 Å². The number of alkyl halides is 1. The van der Waals surface area contributed by atoms with Gasteiger partial charge in [-0.05, 0) is 12.5 Å². The standard InChI is InChI=1S/C10H11FO/c1-8-3-2-4-9(5-8)10(6-11)7-12/h2-5,7,10H,6H2,1H3. The maximum absolute atomic E-state index is 12.2. The van der Waals surface area contributed by atoms with Crippen LogP contribution in [0.15, 0.2) is 24.3 Å². The van der Waals surface area contributed by atoms with Crippen LogP contribution in [0.2, 0.25) is 0 Å². The molecule has 0 spiro atoms. The van der Waals surface area contributed by atoms with E-state index in [4.69, 9.17) is 0 Å². The predicted molar refractivity (Wildman–Crippen MR) is 46.0 cm³/mol. The first kappa shape index (κ1) is 8.91. The van der Waals surface area contributed by atoms with Crippen LogP contribution in [0.1, 0.15) is 17.0 Å². The minimum Gasteiger partial charge on any atom is -0.303 e. The zero-order chi connectivity index (χ0) is 8.97. The molecule has 2 heteroatoms. The van der Waals surface area contributed by atoms with E-state index in [9.17, 15) is 9.18 Å². The van der Waals surface area contributed by atoms with Gasteiger partial charge in [0, 0.05) is 0 Å². The van der Waals surface area contributed by atoms with Crippen molar-refractivity contribution in [2.75, 3.05) is 6.67 Å². The van der Waals surface area contributed by atoms with Crippen molar-refractivity contribution in [3.05, 3.63) is 35.4 Å². The van der Waals surface area contributed by atoms with E-state index in [0.29, 0.717) is 6.29 Å². The Bertz CT molecular complexity index is 270. The van der Waals surface area contributed by atoms with Gasteiger partial charge in [-0.3, -0.25) is 0 Å². The molecule has 1 atom stereocenters. The average Bonchev–Trinajstić information content (AvgIpc) is 2.07. The fraction of sp³-hybridized carbons (Fsp3) is 0.300. The van der Waals surface area contributed by atoms with Gasteiger partial charge in [0.05, 0.1) is 5.92 Å². The molecule has 1 aromatic carbocycles. The van der Waals surface area contributed by atoms with Crippen LogP contribution in [-0.2, 0) is 4.79 Å². The quantitative estimate of drug-likeness (QED) is 0.629. The highest BCUT2D eigenvalue weighted by atomic mass is 19.1. The SMILES string of the molecule is Cc1cccc(C(C=O)CF)c1. The van der Waals surface area contributed by atoms with Gasteiger partial charge in [0.2, 0.25) is 0 Å². The fourth-order valence-electron chi connectivity index (χ4n) is 1.10. The van der Waals surface area contributed by atoms with E-state index in [1.807, 2.05) is 25.1 Å². The number of carbonyl (C=O) groups is 1. The van der Waals surface area contributed by atoms with Gasteiger partial charge in [-0.2, -0.15) is 0 Å². The maximum atomic E-state index is 12.2. The molecular formula is C10H11FO. The highest BCUT2D eigenvalue weighted by Gasteiger charge is 2.08. The molecule has 1 unspecified atom stereocenters. The summed E-state index contributed by atoms with van der Waals surface area (Å²) in [6.45, 7) is 1.30. The zero-order valence-electron chi connectivity index (χ0n) is 6.96. The Hall–Kier alpha value is -1.18. The molecule has 0 aliphatic carbocycles. The monoisotopic (exact) mass is 166 g/mol. The van der Waals surface area contributed by atoms with E-state index in [0.717, 1.165) is 11.1 Å². The van der Waals surface area contributed by atoms with Crippen molar-refractivity contribution in [1.29, 1.82) is 0 Å². The van der Waals surface area contributed by atoms with Crippen molar-refractivity contribution in [3.63, 3.8) is 0 Å². The predicted octanol–water partition coefficient (Wildman–Crippen LogP) is 2.25. The smallest absolute Gasteiger partial charge is 0.130 e. The number of halogens is 1. The van der Waals surface area contributed by atoms with Crippen LogP contribution in [0.4, 0.5) is 4.39 Å². The topological polar surface area (TPSA) is 17.1 Å². The number of aryl methyl sites for hydroxylation is 1. The normalized spacial score (nSPS) is 12.5. The van der Waals surface area contributed by atoms with Crippen molar-refractivity contribution < 1.29 is 9.18 Å². The first-order valence-electron chi connectivity index (χ1n) is 3.85. The summed E-state index contributed by atoms with van der Waals surface area (Å²) in [5.41, 5.74) is 1.81. The van der Waals surface area contributed by atoms with Crippen molar-refractivity contribution in [1.82, 2.24) is 0 Å². The lowest BCUT2D eigenvalue weighted by atomic mass is 10.0. The van der Waals surface area contributed by atoms with Gasteiger partial charge in [-0.25, -0.2) is 4.39 Å². The third-order valence-corrected chi connectivity index (χ3v) is 1.80. The lowest BCUT2D eigenvalue weighted by Crippen LogP contribution is -2.02. The number of aldehydes is 1. The largest absolute Gasteiger partial charge is 0.303 e. The summed E-state index contributed by atoms with van der Waals surface area (Å²) in [4.78, 5) is 10.4. The van der Waals surface area contributed by atoms with E-state index in [1.165, 1.54) is 0 Å². The maximum Gasteiger partial charge on any atom is 0.130 e. The Morgan fingerprint density at radius 3 is 2.83 bits per heavy atom. The second kappa shape index (κ2) is 4.00. The summed E-state index contributed by atoms with van der Waals surface area (Å²) in [6, 6.07) is 7.35. The third kappa shape index (κ3) is 1.91. The second-order valence-corrected chi connectivity index (χ2v) is 2.81. The molecule has 12 heavy (non-hydrogen) atoms. The minimum absolute atomic E-state index is 0.593. The van der Waals surface area contributed by atoms with E-state index in [2.05, 4.69) is 0 Å². The van der Waals surface area contributed by atoms with E-state index >= 15 is 0 Å². The van der Waals surface area contributed by atoms with Gasteiger partial charge in [-0.1, -0.05) is 29.8 Å². The summed E-state index contributed by atoms with van der Waals surface area (Å²) < 4.78 is 12.2. The van der Waals surface area contributed by atoms with Crippen LogP contribution < -0.4 is 0 Å². The van der Waals surface area contributed by atoms with Crippen molar-refractivity contribution in [3.8, 4) is 0 Å². The highest BCUT2D eigenvalue weighted by molar-refractivity contribution is 5.62. The Morgan fingerprint density at radius 2 is 2.33 bits per heavy atom. The highest BCUT2D eigenvalue weighted by Crippen LogP contribution is 2.14. The molecule has 1 aromatic rings. The van der Waals surface area contributed by atoms with E-state index in [1.54, 1.807) is 6.07 Å². The number of rotatable bonds is 3. The summed E-state index contributed by atoms with van der Waals surface area (Å²) in [7, 11) is 0. The van der Waals surface area contributed by atoms with E-state index < -0.39 is 12.6 Å². The number of hydrogen-bond acceptors (Lipinski definition) is 1. The van der Waals surface area contributed by atoms with Crippen LogP contribution in [0, 0.1) is 6.92 Å². The molecule has 0 saturated heterocycles. The number of carbonyl (C=O) groups excluding carboxylic acids is 1. The van der Waals surface area contributed by atoms with Crippen LogP contribution >= 0.6 is 0 Å². The molecular weight excluding hydrogens is 155 g/mol. The second-order valence-electron chi connectivity index (χ2n) is 2.81. The number of hydrogen-bond donors (Lipinski definition) is 0. The first-order chi connectivity index (χ1) is 5.77. The average molecular weight is 166 g/mol. The Morgan fingerprint density at radius 1 is 1.58 bits per heavy atom. The molecule has 0 fully saturated rings. The molecule has 64 valence electrons. The van der Waals surface area contributed by atoms with Crippen LogP contribution in [0.3, 0.4) is 0 Å². The third-order valence-electron chi connectivity index (χ3n) is 1.80. The molecule has 1 rings (SSSR count). The molecule has 0 radical (unpaired) electrons. The molecule has 0 aromatic heterocycles. The molecule has 0 saturated carbocycles. The molecule has 0 heterocycles. The molecule has 0 aliphatic heterocycles. The minimum atomic E-state index is -0.618. The summed E-state index contributed by atoms with van der Waals surface area (Å²) >= 11 is 0. The lowest BCUT2D eigenvalue weighted by molar-refractivity contribution is -0.109. The van der Waals surface area contributed by atoms with Crippen LogP contribution in [-0.4, -0.2) is 13.0 Å².